The first-order valence-electron chi connectivity index (χ1n) is 9.79. The number of allylic oxidation sites excluding steroid dienone is 2. The zero-order valence-corrected chi connectivity index (χ0v) is 16.8. The fraction of sp³-hybridized carbons (Fsp3) is 0.304. The molecule has 0 radical (unpaired) electrons. The van der Waals surface area contributed by atoms with E-state index in [2.05, 4.69) is 0 Å². The maximum absolute atomic E-state index is 13.3. The Hall–Kier alpha value is -3.48. The summed E-state index contributed by atoms with van der Waals surface area (Å²) < 4.78 is 0. The van der Waals surface area contributed by atoms with E-state index in [0.717, 1.165) is 5.56 Å². The lowest BCUT2D eigenvalue weighted by atomic mass is 9.69. The summed E-state index contributed by atoms with van der Waals surface area (Å²) in [5.74, 6) is -0.504. The van der Waals surface area contributed by atoms with Crippen LogP contribution in [-0.2, 0) is 9.59 Å². The van der Waals surface area contributed by atoms with Crippen LogP contribution in [0.4, 0.5) is 11.4 Å². The number of phenolic OH excluding ortho intramolecular Hbond substituents is 1. The zero-order chi connectivity index (χ0) is 21.6. The molecular weight excluding hydrogens is 384 g/mol. The minimum Gasteiger partial charge on any atom is -0.508 e. The summed E-state index contributed by atoms with van der Waals surface area (Å²) in [5.41, 5.74) is 1.96. The van der Waals surface area contributed by atoms with Crippen LogP contribution in [0.25, 0.3) is 0 Å². The number of rotatable bonds is 3. The predicted octanol–water partition coefficient (Wildman–Crippen LogP) is 4.46. The molecule has 0 saturated heterocycles. The molecule has 1 unspecified atom stereocenters. The Balaban J connectivity index is 1.89. The monoisotopic (exact) mass is 406 g/mol. The first kappa shape index (κ1) is 19.8. The van der Waals surface area contributed by atoms with Gasteiger partial charge >= 0.3 is 0 Å². The lowest BCUT2D eigenvalue weighted by molar-refractivity contribution is -0.384. The molecule has 1 heterocycles. The molecule has 7 heteroatoms. The van der Waals surface area contributed by atoms with Crippen molar-refractivity contribution in [3.05, 3.63) is 75.5 Å². The van der Waals surface area contributed by atoms with Crippen LogP contribution >= 0.6 is 0 Å². The number of phenols is 1. The number of benzene rings is 2. The van der Waals surface area contributed by atoms with Crippen molar-refractivity contribution in [3.63, 3.8) is 0 Å². The molecule has 2 aromatic carbocycles. The molecule has 0 saturated carbocycles. The predicted molar refractivity (Wildman–Crippen MR) is 111 cm³/mol. The van der Waals surface area contributed by atoms with Crippen molar-refractivity contribution in [2.45, 2.75) is 39.0 Å². The van der Waals surface area contributed by atoms with Gasteiger partial charge < -0.3 is 5.11 Å². The van der Waals surface area contributed by atoms with Gasteiger partial charge in [0.25, 0.3) is 5.69 Å². The van der Waals surface area contributed by atoms with Crippen molar-refractivity contribution in [1.29, 1.82) is 0 Å². The lowest BCUT2D eigenvalue weighted by Gasteiger charge is -2.42. The standard InChI is InChI=1S/C23H22N2O5/c1-23(2)12-19-22(20(27)13-23)18(14-6-8-17(26)9-7-14)11-21(28)24(19)15-4-3-5-16(10-15)25(29)30/h3-10,18,26H,11-13H2,1-2H3. The topological polar surface area (TPSA) is 101 Å². The third-order valence-corrected chi connectivity index (χ3v) is 5.74. The Morgan fingerprint density at radius 1 is 1.10 bits per heavy atom. The molecule has 1 aliphatic carbocycles. The fourth-order valence-electron chi connectivity index (χ4n) is 4.45. The molecule has 2 aliphatic rings. The summed E-state index contributed by atoms with van der Waals surface area (Å²) in [6.45, 7) is 3.96. The smallest absolute Gasteiger partial charge is 0.271 e. The molecule has 30 heavy (non-hydrogen) atoms. The number of nitrogens with zero attached hydrogens (tertiary/aromatic N) is 2. The molecule has 1 atom stereocenters. The number of carbonyl (C=O) groups is 2. The number of anilines is 1. The third-order valence-electron chi connectivity index (χ3n) is 5.74. The Kier molecular flexibility index (Phi) is 4.68. The van der Waals surface area contributed by atoms with E-state index in [1.807, 2.05) is 13.8 Å². The molecule has 1 aliphatic heterocycles. The average molecular weight is 406 g/mol. The number of Topliss-reactive ketones (excluding diaryl/α,β-unsaturated/α-hetero) is 1. The number of non-ortho nitro benzene ring substituents is 1. The van der Waals surface area contributed by atoms with Crippen molar-refractivity contribution in [3.8, 4) is 5.75 Å². The SMILES string of the molecule is CC1(C)CC(=O)C2=C(C1)N(c1cccc([N+](=O)[O-])c1)C(=O)CC2c1ccc(O)cc1. The zero-order valence-electron chi connectivity index (χ0n) is 16.8. The molecular formula is C23H22N2O5. The fourth-order valence-corrected chi connectivity index (χ4v) is 4.45. The van der Waals surface area contributed by atoms with E-state index in [0.29, 0.717) is 29.8 Å². The van der Waals surface area contributed by atoms with Crippen LogP contribution in [-0.4, -0.2) is 21.7 Å². The Bertz CT molecular complexity index is 1090. The van der Waals surface area contributed by atoms with Crippen LogP contribution in [0.3, 0.4) is 0 Å². The molecule has 2 aromatic rings. The van der Waals surface area contributed by atoms with Gasteiger partial charge in [-0.25, -0.2) is 0 Å². The van der Waals surface area contributed by atoms with Gasteiger partial charge in [0.15, 0.2) is 5.78 Å². The largest absolute Gasteiger partial charge is 0.508 e. The number of nitro benzene ring substituents is 1. The Morgan fingerprint density at radius 3 is 2.47 bits per heavy atom. The van der Waals surface area contributed by atoms with Gasteiger partial charge in [0.05, 0.1) is 10.6 Å². The molecule has 154 valence electrons. The normalized spacial score (nSPS) is 20.9. The minimum atomic E-state index is -0.498. The van der Waals surface area contributed by atoms with Crippen LogP contribution in [0, 0.1) is 15.5 Å². The van der Waals surface area contributed by atoms with Crippen LogP contribution in [0.15, 0.2) is 59.8 Å². The van der Waals surface area contributed by atoms with Crippen molar-refractivity contribution in [1.82, 2.24) is 0 Å². The second-order valence-electron chi connectivity index (χ2n) is 8.66. The maximum atomic E-state index is 13.3. The summed E-state index contributed by atoms with van der Waals surface area (Å²) in [6, 6.07) is 12.5. The Labute approximate surface area is 173 Å². The summed E-state index contributed by atoms with van der Waals surface area (Å²) in [6.07, 6.45) is 0.965. The number of nitro groups is 1. The number of amides is 1. The van der Waals surface area contributed by atoms with Crippen molar-refractivity contribution < 1.29 is 19.6 Å². The van der Waals surface area contributed by atoms with E-state index in [-0.39, 0.29) is 35.0 Å². The molecule has 4 rings (SSSR count). The van der Waals surface area contributed by atoms with Crippen molar-refractivity contribution in [2.24, 2.45) is 5.41 Å². The first-order valence-corrected chi connectivity index (χ1v) is 9.79. The Morgan fingerprint density at radius 2 is 1.80 bits per heavy atom. The van der Waals surface area contributed by atoms with Crippen LogP contribution in [0.1, 0.15) is 44.6 Å². The van der Waals surface area contributed by atoms with Crippen LogP contribution in [0.5, 0.6) is 5.75 Å². The van der Waals surface area contributed by atoms with E-state index in [1.54, 1.807) is 36.4 Å². The van der Waals surface area contributed by atoms with Gasteiger partial charge in [-0.3, -0.25) is 24.6 Å². The molecule has 0 aromatic heterocycles. The van der Waals surface area contributed by atoms with Crippen molar-refractivity contribution in [2.75, 3.05) is 4.90 Å². The van der Waals surface area contributed by atoms with Gasteiger partial charge in [-0.2, -0.15) is 0 Å². The van der Waals surface area contributed by atoms with E-state index in [4.69, 9.17) is 0 Å². The number of carbonyl (C=O) groups excluding carboxylic acids is 2. The van der Waals surface area contributed by atoms with Gasteiger partial charge in [0.2, 0.25) is 5.91 Å². The van der Waals surface area contributed by atoms with Crippen molar-refractivity contribution >= 4 is 23.1 Å². The lowest BCUT2D eigenvalue weighted by Crippen LogP contribution is -2.43. The average Bonchev–Trinajstić information content (AvgIpc) is 2.67. The van der Waals surface area contributed by atoms with Gasteiger partial charge in [-0.15, -0.1) is 0 Å². The summed E-state index contributed by atoms with van der Waals surface area (Å²) >= 11 is 0. The number of hydrogen-bond acceptors (Lipinski definition) is 5. The second kappa shape index (κ2) is 7.09. The molecule has 0 bridgehead atoms. The van der Waals surface area contributed by atoms with E-state index in [1.165, 1.54) is 17.0 Å². The molecule has 0 spiro atoms. The van der Waals surface area contributed by atoms with Gasteiger partial charge in [-0.05, 0) is 35.6 Å². The van der Waals surface area contributed by atoms with Gasteiger partial charge in [0, 0.05) is 42.2 Å². The summed E-state index contributed by atoms with van der Waals surface area (Å²) in [5, 5.41) is 20.8. The van der Waals surface area contributed by atoms with Gasteiger partial charge in [0.1, 0.15) is 5.75 Å². The van der Waals surface area contributed by atoms with Crippen LogP contribution < -0.4 is 4.90 Å². The van der Waals surface area contributed by atoms with Crippen LogP contribution in [0.2, 0.25) is 0 Å². The molecule has 1 amide bonds. The highest BCUT2D eigenvalue weighted by atomic mass is 16.6. The highest BCUT2D eigenvalue weighted by Crippen LogP contribution is 2.48. The highest BCUT2D eigenvalue weighted by molar-refractivity contribution is 6.07. The minimum absolute atomic E-state index is 0.0118. The van der Waals surface area contributed by atoms with E-state index < -0.39 is 10.8 Å². The molecule has 1 N–H and O–H groups in total. The summed E-state index contributed by atoms with van der Waals surface area (Å²) in [7, 11) is 0. The van der Waals surface area contributed by atoms with E-state index >= 15 is 0 Å². The second-order valence-corrected chi connectivity index (χ2v) is 8.66. The number of aromatic hydroxyl groups is 1. The molecule has 0 fully saturated rings. The highest BCUT2D eigenvalue weighted by Gasteiger charge is 2.44. The van der Waals surface area contributed by atoms with Gasteiger partial charge in [-0.1, -0.05) is 32.0 Å². The summed E-state index contributed by atoms with van der Waals surface area (Å²) in [4.78, 5) is 38.7. The van der Waals surface area contributed by atoms with E-state index in [9.17, 15) is 24.8 Å². The number of ketones is 1. The quantitative estimate of drug-likeness (QED) is 0.599. The molecule has 7 nitrogen and oxygen atoms in total. The third kappa shape index (κ3) is 3.47. The number of hydrogen-bond donors (Lipinski definition) is 1. The first-order chi connectivity index (χ1) is 14.2. The maximum Gasteiger partial charge on any atom is 0.271 e.